The SMILES string of the molecule is O=C(Nc1nc2ccc(CN3CCOCC3)cc2n1C1CCC(C(=O)O)CC1)c1ccccc1. The van der Waals surface area contributed by atoms with Crippen LogP contribution in [-0.2, 0) is 16.1 Å². The summed E-state index contributed by atoms with van der Waals surface area (Å²) in [5, 5.41) is 12.4. The predicted molar refractivity (Wildman–Crippen MR) is 129 cm³/mol. The first-order valence-electron chi connectivity index (χ1n) is 12.0. The second-order valence-corrected chi connectivity index (χ2v) is 9.18. The van der Waals surface area contributed by atoms with E-state index < -0.39 is 5.97 Å². The average Bonchev–Trinajstić information content (AvgIpc) is 3.22. The predicted octanol–water partition coefficient (Wildman–Crippen LogP) is 3.94. The van der Waals surface area contributed by atoms with Gasteiger partial charge in [0, 0.05) is 31.2 Å². The molecule has 1 saturated carbocycles. The van der Waals surface area contributed by atoms with Crippen molar-refractivity contribution in [1.29, 1.82) is 0 Å². The highest BCUT2D eigenvalue weighted by Gasteiger charge is 2.29. The molecule has 1 saturated heterocycles. The van der Waals surface area contributed by atoms with Crippen LogP contribution in [0.2, 0.25) is 0 Å². The van der Waals surface area contributed by atoms with Gasteiger partial charge in [-0.1, -0.05) is 24.3 Å². The van der Waals surface area contributed by atoms with Gasteiger partial charge in [0.2, 0.25) is 5.95 Å². The second-order valence-electron chi connectivity index (χ2n) is 9.18. The fourth-order valence-corrected chi connectivity index (χ4v) is 5.06. The van der Waals surface area contributed by atoms with Gasteiger partial charge in [0.05, 0.1) is 30.2 Å². The molecule has 3 aromatic rings. The monoisotopic (exact) mass is 462 g/mol. The number of nitrogens with one attached hydrogen (secondary N) is 1. The number of carbonyl (C=O) groups is 2. The number of hydrogen-bond acceptors (Lipinski definition) is 5. The number of imidazole rings is 1. The van der Waals surface area contributed by atoms with Gasteiger partial charge in [0.15, 0.2) is 0 Å². The number of amides is 1. The lowest BCUT2D eigenvalue weighted by Crippen LogP contribution is -2.35. The maximum absolute atomic E-state index is 12.9. The zero-order valence-electron chi connectivity index (χ0n) is 19.2. The lowest BCUT2D eigenvalue weighted by Gasteiger charge is -2.29. The Bertz CT molecular complexity index is 1160. The number of rotatable bonds is 6. The number of aliphatic carboxylic acids is 1. The minimum Gasteiger partial charge on any atom is -0.481 e. The lowest BCUT2D eigenvalue weighted by atomic mass is 9.86. The molecule has 2 aromatic carbocycles. The van der Waals surface area contributed by atoms with Crippen LogP contribution in [0, 0.1) is 5.92 Å². The maximum atomic E-state index is 12.9. The molecule has 5 rings (SSSR count). The summed E-state index contributed by atoms with van der Waals surface area (Å²) in [5.74, 6) is -0.708. The van der Waals surface area contributed by atoms with Crippen LogP contribution >= 0.6 is 0 Å². The maximum Gasteiger partial charge on any atom is 0.306 e. The van der Waals surface area contributed by atoms with Crippen molar-refractivity contribution < 1.29 is 19.4 Å². The van der Waals surface area contributed by atoms with E-state index in [1.54, 1.807) is 12.1 Å². The second kappa shape index (κ2) is 9.95. The molecule has 1 aliphatic heterocycles. The number of carboxylic acids is 1. The van der Waals surface area contributed by atoms with Crippen LogP contribution in [0.5, 0.6) is 0 Å². The molecule has 1 aromatic heterocycles. The molecule has 0 bridgehead atoms. The van der Waals surface area contributed by atoms with Crippen molar-refractivity contribution in [3.8, 4) is 0 Å². The van der Waals surface area contributed by atoms with E-state index in [-0.39, 0.29) is 17.9 Å². The van der Waals surface area contributed by atoms with Crippen molar-refractivity contribution in [3.63, 3.8) is 0 Å². The summed E-state index contributed by atoms with van der Waals surface area (Å²) in [6, 6.07) is 15.5. The van der Waals surface area contributed by atoms with Crippen molar-refractivity contribution in [2.45, 2.75) is 38.3 Å². The smallest absolute Gasteiger partial charge is 0.306 e. The summed E-state index contributed by atoms with van der Waals surface area (Å²) >= 11 is 0. The lowest BCUT2D eigenvalue weighted by molar-refractivity contribution is -0.143. The number of benzene rings is 2. The minimum atomic E-state index is -0.723. The van der Waals surface area contributed by atoms with E-state index >= 15 is 0 Å². The van der Waals surface area contributed by atoms with Gasteiger partial charge < -0.3 is 14.4 Å². The minimum absolute atomic E-state index is 0.0883. The fourth-order valence-electron chi connectivity index (χ4n) is 5.06. The Balaban J connectivity index is 1.47. The summed E-state index contributed by atoms with van der Waals surface area (Å²) in [6.07, 6.45) is 2.73. The zero-order chi connectivity index (χ0) is 23.5. The molecular formula is C26H30N4O4. The normalized spacial score (nSPS) is 21.4. The largest absolute Gasteiger partial charge is 0.481 e. The van der Waals surface area contributed by atoms with Gasteiger partial charge in [0.25, 0.3) is 5.91 Å². The molecular weight excluding hydrogens is 432 g/mol. The number of aromatic nitrogens is 2. The van der Waals surface area contributed by atoms with E-state index in [0.29, 0.717) is 24.4 Å². The van der Waals surface area contributed by atoms with Crippen LogP contribution in [0.3, 0.4) is 0 Å². The molecule has 2 aliphatic rings. The third-order valence-electron chi connectivity index (χ3n) is 6.94. The molecule has 0 unspecified atom stereocenters. The number of anilines is 1. The zero-order valence-corrected chi connectivity index (χ0v) is 19.2. The van der Waals surface area contributed by atoms with Crippen molar-refractivity contribution in [2.75, 3.05) is 31.6 Å². The summed E-state index contributed by atoms with van der Waals surface area (Å²) < 4.78 is 7.59. The topological polar surface area (TPSA) is 96.7 Å². The molecule has 2 heterocycles. The van der Waals surface area contributed by atoms with Crippen molar-refractivity contribution in [2.24, 2.45) is 5.92 Å². The molecule has 2 N–H and O–H groups in total. The summed E-state index contributed by atoms with van der Waals surface area (Å²) in [7, 11) is 0. The average molecular weight is 463 g/mol. The molecule has 0 radical (unpaired) electrons. The van der Waals surface area contributed by atoms with Crippen LogP contribution in [0.25, 0.3) is 11.0 Å². The Hall–Kier alpha value is -3.23. The quantitative estimate of drug-likeness (QED) is 0.576. The highest BCUT2D eigenvalue weighted by Crippen LogP contribution is 2.37. The number of fused-ring (bicyclic) bond motifs is 1. The first kappa shape index (κ1) is 22.6. The number of carboxylic acid groups (broad SMARTS) is 1. The number of carbonyl (C=O) groups excluding carboxylic acids is 1. The molecule has 0 spiro atoms. The van der Waals surface area contributed by atoms with Gasteiger partial charge in [-0.25, -0.2) is 4.98 Å². The van der Waals surface area contributed by atoms with E-state index in [4.69, 9.17) is 9.72 Å². The molecule has 34 heavy (non-hydrogen) atoms. The Kier molecular flexibility index (Phi) is 6.60. The Labute approximate surface area is 198 Å². The summed E-state index contributed by atoms with van der Waals surface area (Å²) in [6.45, 7) is 4.16. The van der Waals surface area contributed by atoms with E-state index in [9.17, 15) is 14.7 Å². The Morgan fingerprint density at radius 1 is 1.03 bits per heavy atom. The van der Waals surface area contributed by atoms with Gasteiger partial charge in [-0.15, -0.1) is 0 Å². The Morgan fingerprint density at radius 3 is 2.47 bits per heavy atom. The van der Waals surface area contributed by atoms with Gasteiger partial charge in [-0.05, 0) is 55.5 Å². The number of hydrogen-bond donors (Lipinski definition) is 2. The fraction of sp³-hybridized carbons (Fsp3) is 0.423. The third-order valence-corrected chi connectivity index (χ3v) is 6.94. The van der Waals surface area contributed by atoms with Gasteiger partial charge >= 0.3 is 5.97 Å². The summed E-state index contributed by atoms with van der Waals surface area (Å²) in [4.78, 5) is 31.6. The third kappa shape index (κ3) is 4.83. The van der Waals surface area contributed by atoms with Gasteiger partial charge in [-0.3, -0.25) is 19.8 Å². The Morgan fingerprint density at radius 2 is 1.76 bits per heavy atom. The van der Waals surface area contributed by atoms with Gasteiger partial charge in [-0.2, -0.15) is 0 Å². The van der Waals surface area contributed by atoms with E-state index in [0.717, 1.165) is 56.7 Å². The van der Waals surface area contributed by atoms with Crippen molar-refractivity contribution >= 4 is 28.9 Å². The van der Waals surface area contributed by atoms with Crippen LogP contribution in [-0.4, -0.2) is 57.7 Å². The van der Waals surface area contributed by atoms with E-state index in [1.165, 1.54) is 5.56 Å². The molecule has 1 amide bonds. The van der Waals surface area contributed by atoms with Crippen molar-refractivity contribution in [1.82, 2.24) is 14.5 Å². The molecule has 178 valence electrons. The molecule has 1 aliphatic carbocycles. The van der Waals surface area contributed by atoms with Gasteiger partial charge in [0.1, 0.15) is 0 Å². The van der Waals surface area contributed by atoms with Crippen molar-refractivity contribution in [3.05, 3.63) is 59.7 Å². The molecule has 8 nitrogen and oxygen atoms in total. The number of morpholine rings is 1. The van der Waals surface area contributed by atoms with Crippen LogP contribution < -0.4 is 5.32 Å². The summed E-state index contributed by atoms with van der Waals surface area (Å²) in [5.41, 5.74) is 3.57. The molecule has 0 atom stereocenters. The first-order valence-corrected chi connectivity index (χ1v) is 12.0. The highest BCUT2D eigenvalue weighted by molar-refractivity contribution is 6.04. The van der Waals surface area contributed by atoms with Crippen LogP contribution in [0.1, 0.15) is 47.6 Å². The van der Waals surface area contributed by atoms with Crippen LogP contribution in [0.15, 0.2) is 48.5 Å². The van der Waals surface area contributed by atoms with Crippen LogP contribution in [0.4, 0.5) is 5.95 Å². The highest BCUT2D eigenvalue weighted by atomic mass is 16.5. The van der Waals surface area contributed by atoms with E-state index in [1.807, 2.05) is 24.3 Å². The number of nitrogens with zero attached hydrogens (tertiary/aromatic N) is 3. The first-order chi connectivity index (χ1) is 16.6. The molecule has 8 heteroatoms. The van der Waals surface area contributed by atoms with E-state index in [2.05, 4.69) is 26.9 Å². The molecule has 2 fully saturated rings. The number of ether oxygens (including phenoxy) is 1. The standard InChI is InChI=1S/C26H30N4O4/c31-24(19-4-2-1-3-5-19)28-26-27-22-11-6-18(17-29-12-14-34-15-13-29)16-23(22)30(26)21-9-7-20(8-10-21)25(32)33/h1-6,11,16,20-21H,7-10,12-15,17H2,(H,32,33)(H,27,28,31).